The summed E-state index contributed by atoms with van der Waals surface area (Å²) >= 11 is 0. The molecule has 0 saturated heterocycles. The van der Waals surface area contributed by atoms with Crippen LogP contribution in [0.25, 0.3) is 0 Å². The van der Waals surface area contributed by atoms with Crippen LogP contribution < -0.4 is 14.8 Å². The van der Waals surface area contributed by atoms with Gasteiger partial charge in [-0.2, -0.15) is 5.26 Å². The number of benzene rings is 2. The number of ether oxygens (including phenoxy) is 2. The molecule has 0 atom stereocenters. The second-order valence-electron chi connectivity index (χ2n) is 4.87. The Balaban J connectivity index is 1.80. The maximum absolute atomic E-state index is 12.8. The van der Waals surface area contributed by atoms with Crippen molar-refractivity contribution >= 4 is 5.91 Å². The molecule has 0 aromatic heterocycles. The Labute approximate surface area is 139 Å². The minimum Gasteiger partial charge on any atom is -0.490 e. The monoisotopic (exact) mass is 328 g/mol. The first kappa shape index (κ1) is 17.3. The Morgan fingerprint density at radius 3 is 2.54 bits per heavy atom. The Morgan fingerprint density at radius 2 is 1.79 bits per heavy atom. The van der Waals surface area contributed by atoms with E-state index in [9.17, 15) is 9.18 Å². The maximum atomic E-state index is 12.8. The molecular formula is C18H17FN2O3. The molecule has 24 heavy (non-hydrogen) atoms. The Bertz CT molecular complexity index is 711. The Hall–Kier alpha value is -3.07. The zero-order chi connectivity index (χ0) is 17.2. The van der Waals surface area contributed by atoms with Crippen molar-refractivity contribution in [1.82, 2.24) is 5.32 Å². The number of carbonyl (C=O) groups excluding carboxylic acids is 1. The molecule has 2 rings (SSSR count). The van der Waals surface area contributed by atoms with E-state index in [1.807, 2.05) is 18.2 Å². The van der Waals surface area contributed by atoms with Crippen molar-refractivity contribution in [2.24, 2.45) is 0 Å². The molecule has 0 aliphatic heterocycles. The van der Waals surface area contributed by atoms with E-state index in [0.717, 1.165) is 5.56 Å². The van der Waals surface area contributed by atoms with Gasteiger partial charge in [0.2, 0.25) is 5.91 Å². The van der Waals surface area contributed by atoms with E-state index in [0.29, 0.717) is 24.7 Å². The summed E-state index contributed by atoms with van der Waals surface area (Å²) in [5.74, 6) is 0.562. The predicted octanol–water partition coefficient (Wildman–Crippen LogP) is 2.81. The molecule has 0 saturated carbocycles. The SMILES string of the molecule is N#CCC(=O)NCc1ccccc1OCCOc1ccc(F)cc1. The third-order valence-electron chi connectivity index (χ3n) is 3.11. The zero-order valence-corrected chi connectivity index (χ0v) is 13.0. The van der Waals surface area contributed by atoms with Gasteiger partial charge in [0.1, 0.15) is 37.0 Å². The van der Waals surface area contributed by atoms with Crippen molar-refractivity contribution in [2.75, 3.05) is 13.2 Å². The highest BCUT2D eigenvalue weighted by atomic mass is 19.1. The molecular weight excluding hydrogens is 311 g/mol. The number of halogens is 1. The summed E-state index contributed by atoms with van der Waals surface area (Å²) in [7, 11) is 0. The molecule has 0 fully saturated rings. The van der Waals surface area contributed by atoms with E-state index in [1.165, 1.54) is 12.1 Å². The van der Waals surface area contributed by atoms with Crippen LogP contribution in [0.2, 0.25) is 0 Å². The number of carbonyl (C=O) groups is 1. The molecule has 0 spiro atoms. The Kier molecular flexibility index (Phi) is 6.59. The molecule has 2 aromatic carbocycles. The van der Waals surface area contributed by atoms with Gasteiger partial charge in [-0.15, -0.1) is 0 Å². The predicted molar refractivity (Wildman–Crippen MR) is 85.9 cm³/mol. The van der Waals surface area contributed by atoms with Crippen LogP contribution in [-0.2, 0) is 11.3 Å². The van der Waals surface area contributed by atoms with Gasteiger partial charge in [-0.05, 0) is 30.3 Å². The fourth-order valence-corrected chi connectivity index (χ4v) is 1.96. The third-order valence-corrected chi connectivity index (χ3v) is 3.11. The van der Waals surface area contributed by atoms with E-state index in [4.69, 9.17) is 14.7 Å². The van der Waals surface area contributed by atoms with Crippen LogP contribution in [0, 0.1) is 17.1 Å². The summed E-state index contributed by atoms with van der Waals surface area (Å²) in [6.45, 7) is 0.900. The first-order chi connectivity index (χ1) is 11.7. The molecule has 5 nitrogen and oxygen atoms in total. The summed E-state index contributed by atoms with van der Waals surface area (Å²) in [6.07, 6.45) is -0.172. The van der Waals surface area contributed by atoms with Crippen molar-refractivity contribution in [2.45, 2.75) is 13.0 Å². The Morgan fingerprint density at radius 1 is 1.08 bits per heavy atom. The van der Waals surface area contributed by atoms with Crippen LogP contribution in [0.5, 0.6) is 11.5 Å². The number of hydrogen-bond acceptors (Lipinski definition) is 4. The smallest absolute Gasteiger partial charge is 0.234 e. The second-order valence-corrected chi connectivity index (χ2v) is 4.87. The fourth-order valence-electron chi connectivity index (χ4n) is 1.96. The highest BCUT2D eigenvalue weighted by Gasteiger charge is 2.05. The maximum Gasteiger partial charge on any atom is 0.234 e. The lowest BCUT2D eigenvalue weighted by molar-refractivity contribution is -0.120. The van der Waals surface area contributed by atoms with Crippen LogP contribution in [0.3, 0.4) is 0 Å². The number of para-hydroxylation sites is 1. The average molecular weight is 328 g/mol. The number of amides is 1. The lowest BCUT2D eigenvalue weighted by atomic mass is 10.2. The van der Waals surface area contributed by atoms with Crippen LogP contribution in [-0.4, -0.2) is 19.1 Å². The number of nitrogens with zero attached hydrogens (tertiary/aromatic N) is 1. The van der Waals surface area contributed by atoms with E-state index in [-0.39, 0.29) is 24.7 Å². The lowest BCUT2D eigenvalue weighted by Gasteiger charge is -2.12. The standard InChI is InChI=1S/C18H17FN2O3/c19-15-5-7-16(8-6-15)23-11-12-24-17-4-2-1-3-14(17)13-21-18(22)9-10-20/h1-8H,9,11-13H2,(H,21,22). The van der Waals surface area contributed by atoms with Gasteiger partial charge in [-0.1, -0.05) is 18.2 Å². The highest BCUT2D eigenvalue weighted by molar-refractivity contribution is 5.78. The van der Waals surface area contributed by atoms with Gasteiger partial charge in [-0.3, -0.25) is 4.79 Å². The van der Waals surface area contributed by atoms with Crippen LogP contribution in [0.1, 0.15) is 12.0 Å². The summed E-state index contributed by atoms with van der Waals surface area (Å²) in [5, 5.41) is 11.1. The van der Waals surface area contributed by atoms with Crippen molar-refractivity contribution in [3.63, 3.8) is 0 Å². The quantitative estimate of drug-likeness (QED) is 0.757. The van der Waals surface area contributed by atoms with Gasteiger partial charge < -0.3 is 14.8 Å². The van der Waals surface area contributed by atoms with Crippen molar-refractivity contribution in [3.05, 3.63) is 59.9 Å². The first-order valence-corrected chi connectivity index (χ1v) is 7.42. The largest absolute Gasteiger partial charge is 0.490 e. The molecule has 0 aliphatic carbocycles. The average Bonchev–Trinajstić information content (AvgIpc) is 2.59. The van der Waals surface area contributed by atoms with Crippen molar-refractivity contribution in [3.8, 4) is 17.6 Å². The minimum absolute atomic E-state index is 0.172. The van der Waals surface area contributed by atoms with Gasteiger partial charge in [0, 0.05) is 12.1 Å². The molecule has 1 amide bonds. The molecule has 0 aliphatic rings. The number of nitrogens with one attached hydrogen (secondary N) is 1. The normalized spacial score (nSPS) is 9.83. The fraction of sp³-hybridized carbons (Fsp3) is 0.222. The van der Waals surface area contributed by atoms with E-state index < -0.39 is 0 Å². The van der Waals surface area contributed by atoms with Crippen LogP contribution in [0.15, 0.2) is 48.5 Å². The topological polar surface area (TPSA) is 71.4 Å². The van der Waals surface area contributed by atoms with Crippen molar-refractivity contribution in [1.29, 1.82) is 5.26 Å². The van der Waals surface area contributed by atoms with Gasteiger partial charge >= 0.3 is 0 Å². The molecule has 0 radical (unpaired) electrons. The van der Waals surface area contributed by atoms with Crippen LogP contribution >= 0.6 is 0 Å². The first-order valence-electron chi connectivity index (χ1n) is 7.42. The molecule has 124 valence electrons. The van der Waals surface area contributed by atoms with Crippen molar-refractivity contribution < 1.29 is 18.7 Å². The van der Waals surface area contributed by atoms with E-state index in [2.05, 4.69) is 5.32 Å². The number of rotatable bonds is 8. The molecule has 0 heterocycles. The van der Waals surface area contributed by atoms with Gasteiger partial charge in [-0.25, -0.2) is 4.39 Å². The summed E-state index contributed by atoms with van der Waals surface area (Å²) < 4.78 is 23.9. The molecule has 0 unspecified atom stereocenters. The van der Waals surface area contributed by atoms with Gasteiger partial charge in [0.05, 0.1) is 6.07 Å². The summed E-state index contributed by atoms with van der Waals surface area (Å²) in [6, 6.07) is 14.9. The second kappa shape index (κ2) is 9.16. The van der Waals surface area contributed by atoms with E-state index in [1.54, 1.807) is 24.3 Å². The van der Waals surface area contributed by atoms with Crippen LogP contribution in [0.4, 0.5) is 4.39 Å². The molecule has 6 heteroatoms. The van der Waals surface area contributed by atoms with Gasteiger partial charge in [0.15, 0.2) is 0 Å². The molecule has 0 bridgehead atoms. The zero-order valence-electron chi connectivity index (χ0n) is 13.0. The van der Waals surface area contributed by atoms with Gasteiger partial charge in [0.25, 0.3) is 0 Å². The third kappa shape index (κ3) is 5.61. The minimum atomic E-state index is -0.327. The molecule has 2 aromatic rings. The number of hydrogen-bond donors (Lipinski definition) is 1. The summed E-state index contributed by atoms with van der Waals surface area (Å²) in [4.78, 5) is 11.3. The summed E-state index contributed by atoms with van der Waals surface area (Å²) in [5.41, 5.74) is 0.811. The molecule has 1 N–H and O–H groups in total. The highest BCUT2D eigenvalue weighted by Crippen LogP contribution is 2.18. The lowest BCUT2D eigenvalue weighted by Crippen LogP contribution is -2.22. The number of nitriles is 1. The van der Waals surface area contributed by atoms with E-state index >= 15 is 0 Å².